The molecule has 3 nitrogen and oxygen atoms in total. The van der Waals surface area contributed by atoms with Gasteiger partial charge >= 0.3 is 0 Å². The van der Waals surface area contributed by atoms with E-state index in [1.54, 1.807) is 6.07 Å². The molecule has 0 N–H and O–H groups in total. The molecule has 0 atom stereocenters. The molecule has 0 saturated carbocycles. The Bertz CT molecular complexity index is 1170. The van der Waals surface area contributed by atoms with Crippen LogP contribution >= 0.6 is 11.6 Å². The van der Waals surface area contributed by atoms with Gasteiger partial charge in [-0.1, -0.05) is 48.0 Å². The minimum absolute atomic E-state index is 0.501. The van der Waals surface area contributed by atoms with Gasteiger partial charge in [-0.05, 0) is 18.2 Å². The van der Waals surface area contributed by atoms with Crippen LogP contribution in [0, 0.1) is 0 Å². The summed E-state index contributed by atoms with van der Waals surface area (Å²) >= 11 is 6.37. The molecule has 110 valence electrons. The lowest BCUT2D eigenvalue weighted by atomic mass is 10.1. The molecule has 3 aromatic carbocycles. The van der Waals surface area contributed by atoms with Crippen LogP contribution in [-0.4, -0.2) is 4.98 Å². The van der Waals surface area contributed by atoms with Crippen LogP contribution in [0.2, 0.25) is 5.02 Å². The fourth-order valence-electron chi connectivity index (χ4n) is 2.95. The summed E-state index contributed by atoms with van der Waals surface area (Å²) in [5, 5.41) is 2.45. The van der Waals surface area contributed by atoms with Gasteiger partial charge in [-0.2, -0.15) is 0 Å². The second-order valence-corrected chi connectivity index (χ2v) is 5.80. The van der Waals surface area contributed by atoms with E-state index in [1.165, 1.54) is 0 Å². The highest BCUT2D eigenvalue weighted by Crippen LogP contribution is 2.39. The number of halogens is 1. The summed E-state index contributed by atoms with van der Waals surface area (Å²) in [7, 11) is 0. The molecule has 2 heterocycles. The van der Waals surface area contributed by atoms with Crippen molar-refractivity contribution in [3.8, 4) is 11.5 Å². The topological polar surface area (TPSA) is 39.2 Å². The molecule has 0 aliphatic heterocycles. The van der Waals surface area contributed by atoms with Crippen LogP contribution in [-0.2, 0) is 0 Å². The first-order valence-electron chi connectivity index (χ1n) is 7.27. The standard InChI is InChI=1S/C19H10ClNO2/c20-13-10-15-16(12-8-4-5-9-14(12)22-15)17-18(13)23-19(21-17)11-6-2-1-3-7-11/h1-10H. The number of benzene rings is 3. The van der Waals surface area contributed by atoms with E-state index in [-0.39, 0.29) is 0 Å². The fourth-order valence-corrected chi connectivity index (χ4v) is 3.17. The summed E-state index contributed by atoms with van der Waals surface area (Å²) in [6.45, 7) is 0. The van der Waals surface area contributed by atoms with Gasteiger partial charge < -0.3 is 8.83 Å². The number of rotatable bonds is 1. The minimum atomic E-state index is 0.501. The molecular weight excluding hydrogens is 310 g/mol. The first-order valence-corrected chi connectivity index (χ1v) is 7.65. The third-order valence-electron chi connectivity index (χ3n) is 3.98. The molecule has 23 heavy (non-hydrogen) atoms. The largest absolute Gasteiger partial charge is 0.456 e. The Kier molecular flexibility index (Phi) is 2.55. The lowest BCUT2D eigenvalue weighted by Gasteiger charge is -1.93. The van der Waals surface area contributed by atoms with E-state index in [1.807, 2.05) is 54.6 Å². The van der Waals surface area contributed by atoms with Gasteiger partial charge in [0.05, 0.1) is 10.4 Å². The Hall–Kier alpha value is -2.78. The first-order chi connectivity index (χ1) is 11.3. The lowest BCUT2D eigenvalue weighted by molar-refractivity contribution is 0.619. The predicted molar refractivity (Wildman–Crippen MR) is 91.7 cm³/mol. The van der Waals surface area contributed by atoms with Gasteiger partial charge in [0.25, 0.3) is 0 Å². The van der Waals surface area contributed by atoms with Crippen LogP contribution < -0.4 is 0 Å². The van der Waals surface area contributed by atoms with Crippen molar-refractivity contribution in [1.29, 1.82) is 0 Å². The molecule has 5 aromatic rings. The summed E-state index contributed by atoms with van der Waals surface area (Å²) < 4.78 is 11.8. The van der Waals surface area contributed by atoms with E-state index in [9.17, 15) is 0 Å². The zero-order valence-electron chi connectivity index (χ0n) is 11.9. The van der Waals surface area contributed by atoms with Gasteiger partial charge in [-0.15, -0.1) is 0 Å². The molecule has 0 aliphatic carbocycles. The number of hydrogen-bond donors (Lipinski definition) is 0. The maximum atomic E-state index is 6.37. The van der Waals surface area contributed by atoms with Crippen molar-refractivity contribution < 1.29 is 8.83 Å². The molecule has 0 unspecified atom stereocenters. The van der Waals surface area contributed by atoms with E-state index in [4.69, 9.17) is 20.4 Å². The van der Waals surface area contributed by atoms with Gasteiger partial charge in [0.15, 0.2) is 5.58 Å². The van der Waals surface area contributed by atoms with E-state index < -0.39 is 0 Å². The van der Waals surface area contributed by atoms with Crippen molar-refractivity contribution in [2.45, 2.75) is 0 Å². The Morgan fingerprint density at radius 2 is 1.61 bits per heavy atom. The average molecular weight is 320 g/mol. The monoisotopic (exact) mass is 319 g/mol. The molecule has 0 aliphatic rings. The maximum absolute atomic E-state index is 6.37. The van der Waals surface area contributed by atoms with E-state index in [0.29, 0.717) is 16.5 Å². The third kappa shape index (κ3) is 1.80. The van der Waals surface area contributed by atoms with Gasteiger partial charge in [0, 0.05) is 17.0 Å². The highest BCUT2D eigenvalue weighted by molar-refractivity contribution is 6.37. The zero-order valence-corrected chi connectivity index (χ0v) is 12.7. The van der Waals surface area contributed by atoms with Crippen LogP contribution in [0.4, 0.5) is 0 Å². The van der Waals surface area contributed by atoms with Crippen molar-refractivity contribution >= 4 is 44.6 Å². The van der Waals surface area contributed by atoms with Crippen molar-refractivity contribution in [2.75, 3.05) is 0 Å². The van der Waals surface area contributed by atoms with E-state index >= 15 is 0 Å². The molecule has 0 radical (unpaired) electrons. The summed E-state index contributed by atoms with van der Waals surface area (Å²) in [6.07, 6.45) is 0. The molecule has 4 heteroatoms. The zero-order chi connectivity index (χ0) is 15.4. The fraction of sp³-hybridized carbons (Fsp3) is 0. The molecule has 2 aromatic heterocycles. The second-order valence-electron chi connectivity index (χ2n) is 5.39. The van der Waals surface area contributed by atoms with Gasteiger partial charge in [-0.3, -0.25) is 0 Å². The van der Waals surface area contributed by atoms with E-state index in [0.717, 1.165) is 33.0 Å². The molecular formula is C19H10ClNO2. The Balaban J connectivity index is 1.94. The first kappa shape index (κ1) is 12.7. The normalized spacial score (nSPS) is 11.7. The molecule has 0 amide bonds. The number of furan rings is 1. The summed E-state index contributed by atoms with van der Waals surface area (Å²) in [4.78, 5) is 4.68. The highest BCUT2D eigenvalue weighted by Gasteiger charge is 2.18. The summed E-state index contributed by atoms with van der Waals surface area (Å²) in [5.74, 6) is 0.556. The highest BCUT2D eigenvalue weighted by atomic mass is 35.5. The molecule has 0 bridgehead atoms. The van der Waals surface area contributed by atoms with Gasteiger partial charge in [0.2, 0.25) is 5.89 Å². The van der Waals surface area contributed by atoms with Gasteiger partial charge in [0.1, 0.15) is 16.7 Å². The number of aromatic nitrogens is 1. The van der Waals surface area contributed by atoms with Gasteiger partial charge in [-0.25, -0.2) is 4.98 Å². The average Bonchev–Trinajstić information content (AvgIpc) is 3.17. The summed E-state index contributed by atoms with van der Waals surface area (Å²) in [5.41, 5.74) is 3.77. The van der Waals surface area contributed by atoms with Crippen LogP contribution in [0.1, 0.15) is 0 Å². The number of nitrogens with zero attached hydrogens (tertiary/aromatic N) is 1. The van der Waals surface area contributed by atoms with Crippen molar-refractivity contribution in [3.63, 3.8) is 0 Å². The molecule has 5 rings (SSSR count). The van der Waals surface area contributed by atoms with Crippen LogP contribution in [0.3, 0.4) is 0 Å². The molecule has 0 saturated heterocycles. The van der Waals surface area contributed by atoms with Crippen LogP contribution in [0.5, 0.6) is 0 Å². The second kappa shape index (κ2) is 4.61. The minimum Gasteiger partial charge on any atom is -0.456 e. The van der Waals surface area contributed by atoms with Crippen molar-refractivity contribution in [1.82, 2.24) is 4.98 Å². The quantitative estimate of drug-likeness (QED) is 0.377. The maximum Gasteiger partial charge on any atom is 0.227 e. The van der Waals surface area contributed by atoms with Crippen molar-refractivity contribution in [2.24, 2.45) is 0 Å². The van der Waals surface area contributed by atoms with Crippen LogP contribution in [0.15, 0.2) is 69.5 Å². The number of fused-ring (bicyclic) bond motifs is 5. The smallest absolute Gasteiger partial charge is 0.227 e. The SMILES string of the molecule is Clc1cc2oc3ccccc3c2c2nc(-c3ccccc3)oc12. The Labute approximate surface area is 136 Å². The lowest BCUT2D eigenvalue weighted by Crippen LogP contribution is -1.76. The number of hydrogen-bond acceptors (Lipinski definition) is 3. The number of oxazole rings is 1. The van der Waals surface area contributed by atoms with Crippen molar-refractivity contribution in [3.05, 3.63) is 65.7 Å². The predicted octanol–water partition coefficient (Wildman–Crippen LogP) is 6.05. The Morgan fingerprint density at radius 3 is 2.48 bits per heavy atom. The molecule has 0 fully saturated rings. The summed E-state index contributed by atoms with van der Waals surface area (Å²) in [6, 6.07) is 19.5. The Morgan fingerprint density at radius 1 is 0.826 bits per heavy atom. The van der Waals surface area contributed by atoms with E-state index in [2.05, 4.69) is 4.98 Å². The molecule has 0 spiro atoms. The third-order valence-corrected chi connectivity index (χ3v) is 4.26. The van der Waals surface area contributed by atoms with Crippen LogP contribution in [0.25, 0.3) is 44.5 Å². The number of para-hydroxylation sites is 1.